The van der Waals surface area contributed by atoms with Crippen molar-refractivity contribution in [3.63, 3.8) is 0 Å². The van der Waals surface area contributed by atoms with Crippen LogP contribution in [-0.2, 0) is 0 Å². The third-order valence-corrected chi connectivity index (χ3v) is 3.35. The van der Waals surface area contributed by atoms with Crippen LogP contribution in [0, 0.1) is 17.9 Å². The minimum Gasteiger partial charge on any atom is -0.630 e. The second-order valence-corrected chi connectivity index (χ2v) is 3.92. The van der Waals surface area contributed by atoms with E-state index in [9.17, 15) is 9.60 Å². The molecule has 0 aliphatic rings. The molecule has 0 aliphatic heterocycles. The van der Waals surface area contributed by atoms with Crippen LogP contribution in [0.1, 0.15) is 5.56 Å². The summed E-state index contributed by atoms with van der Waals surface area (Å²) in [6.07, 6.45) is 0. The molecule has 0 saturated heterocycles. The predicted octanol–water partition coefficient (Wildman–Crippen LogP) is 2.35. The maximum Gasteiger partial charge on any atom is 0.161 e. The van der Waals surface area contributed by atoms with E-state index in [4.69, 9.17) is 0 Å². The summed E-state index contributed by atoms with van der Waals surface area (Å²) in [7, 11) is 0. The molecule has 1 aromatic carbocycles. The summed E-state index contributed by atoms with van der Waals surface area (Å²) in [5.74, 6) is -0.419. The number of benzene rings is 1. The third-order valence-electron chi connectivity index (χ3n) is 1.49. The molecule has 1 rings (SSSR count). The first-order valence-corrected chi connectivity index (χ1v) is 4.75. The number of aryl methyl sites for hydroxylation is 1. The molecule has 0 unspecified atom stereocenters. The van der Waals surface area contributed by atoms with E-state index in [-0.39, 0.29) is 4.47 Å². The van der Waals surface area contributed by atoms with Crippen LogP contribution in [-0.4, -0.2) is 0 Å². The van der Waals surface area contributed by atoms with Gasteiger partial charge >= 0.3 is 0 Å². The highest BCUT2D eigenvalue weighted by Gasteiger charge is 2.13. The molecule has 1 aromatic rings. The highest BCUT2D eigenvalue weighted by Crippen LogP contribution is 2.32. The van der Waals surface area contributed by atoms with Gasteiger partial charge in [0.25, 0.3) is 0 Å². The lowest BCUT2D eigenvalue weighted by Gasteiger charge is -2.09. The van der Waals surface area contributed by atoms with Gasteiger partial charge in [0.2, 0.25) is 0 Å². The Morgan fingerprint density at radius 3 is 2.50 bits per heavy atom. The molecular weight excluding hydrogens is 293 g/mol. The molecule has 0 heterocycles. The highest BCUT2D eigenvalue weighted by atomic mass is 79.9. The number of quaternary nitrogens is 1. The lowest BCUT2D eigenvalue weighted by molar-refractivity contribution is -0.498. The SMILES string of the molecule is Cc1cc(F)c(Br)c([NH2+][O-])c1Br. The first-order valence-electron chi connectivity index (χ1n) is 3.17. The topological polar surface area (TPSA) is 39.7 Å². The van der Waals surface area contributed by atoms with Gasteiger partial charge in [0.1, 0.15) is 10.3 Å². The quantitative estimate of drug-likeness (QED) is 0.482. The third kappa shape index (κ3) is 1.69. The molecule has 2 N–H and O–H groups in total. The zero-order chi connectivity index (χ0) is 9.30. The maximum atomic E-state index is 13.0. The van der Waals surface area contributed by atoms with E-state index in [1.807, 2.05) is 0 Å². The lowest BCUT2D eigenvalue weighted by atomic mass is 10.2. The van der Waals surface area contributed by atoms with E-state index in [0.717, 1.165) is 0 Å². The Hall–Kier alpha value is 0.0300. The van der Waals surface area contributed by atoms with Gasteiger partial charge in [0.05, 0.1) is 4.47 Å². The maximum absolute atomic E-state index is 13.0. The van der Waals surface area contributed by atoms with Crippen molar-refractivity contribution in [1.82, 2.24) is 0 Å². The fraction of sp³-hybridized carbons (Fsp3) is 0.143. The first-order chi connectivity index (χ1) is 5.57. The second-order valence-electron chi connectivity index (χ2n) is 2.33. The van der Waals surface area contributed by atoms with Crippen molar-refractivity contribution in [1.29, 1.82) is 0 Å². The average Bonchev–Trinajstić information content (AvgIpc) is 2.02. The second kappa shape index (κ2) is 3.83. The number of halogens is 3. The highest BCUT2D eigenvalue weighted by molar-refractivity contribution is 9.11. The van der Waals surface area contributed by atoms with E-state index in [1.54, 1.807) is 6.92 Å². The van der Waals surface area contributed by atoms with Gasteiger partial charge < -0.3 is 10.7 Å². The van der Waals surface area contributed by atoms with Crippen LogP contribution in [0.25, 0.3) is 0 Å². The van der Waals surface area contributed by atoms with Gasteiger partial charge in [-0.25, -0.2) is 4.39 Å². The van der Waals surface area contributed by atoms with Gasteiger partial charge in [-0.1, -0.05) is 0 Å². The van der Waals surface area contributed by atoms with Crippen LogP contribution in [0.15, 0.2) is 15.0 Å². The number of hydrogen-bond acceptors (Lipinski definition) is 1. The van der Waals surface area contributed by atoms with E-state index >= 15 is 0 Å². The van der Waals surface area contributed by atoms with Gasteiger partial charge in [-0.15, -0.1) is 0 Å². The molecule has 0 fully saturated rings. The summed E-state index contributed by atoms with van der Waals surface area (Å²) in [6, 6.07) is 1.36. The fourth-order valence-corrected chi connectivity index (χ4v) is 1.94. The minimum absolute atomic E-state index is 0.204. The van der Waals surface area contributed by atoms with Crippen LogP contribution in [0.5, 0.6) is 0 Å². The minimum atomic E-state index is -0.419. The Labute approximate surface area is 86.0 Å². The van der Waals surface area contributed by atoms with Gasteiger partial charge in [-0.2, -0.15) is 0 Å². The van der Waals surface area contributed by atoms with Crippen LogP contribution in [0.3, 0.4) is 0 Å². The molecule has 12 heavy (non-hydrogen) atoms. The number of rotatable bonds is 1. The Kier molecular flexibility index (Phi) is 3.22. The largest absolute Gasteiger partial charge is 0.630 e. The van der Waals surface area contributed by atoms with E-state index in [1.165, 1.54) is 6.07 Å². The lowest BCUT2D eigenvalue weighted by Crippen LogP contribution is -2.70. The predicted molar refractivity (Wildman–Crippen MR) is 51.5 cm³/mol. The monoisotopic (exact) mass is 297 g/mol. The van der Waals surface area contributed by atoms with Crippen molar-refractivity contribution in [3.8, 4) is 0 Å². The average molecular weight is 299 g/mol. The van der Waals surface area contributed by atoms with Crippen molar-refractivity contribution in [2.75, 3.05) is 0 Å². The summed E-state index contributed by atoms with van der Waals surface area (Å²) in [5, 5.41) is 10.5. The summed E-state index contributed by atoms with van der Waals surface area (Å²) >= 11 is 6.19. The zero-order valence-corrected chi connectivity index (χ0v) is 9.37. The van der Waals surface area contributed by atoms with E-state index in [0.29, 0.717) is 21.2 Å². The molecule has 0 saturated carbocycles. The number of hydrogen-bond donors (Lipinski definition) is 1. The van der Waals surface area contributed by atoms with Crippen LogP contribution in [0.2, 0.25) is 0 Å². The van der Waals surface area contributed by atoms with Crippen molar-refractivity contribution in [2.45, 2.75) is 6.92 Å². The molecule has 0 atom stereocenters. The van der Waals surface area contributed by atoms with Crippen LogP contribution < -0.4 is 5.48 Å². The van der Waals surface area contributed by atoms with Gasteiger partial charge in [0.15, 0.2) is 5.69 Å². The van der Waals surface area contributed by atoms with Crippen molar-refractivity contribution >= 4 is 37.5 Å². The van der Waals surface area contributed by atoms with E-state index in [2.05, 4.69) is 31.9 Å². The molecule has 2 nitrogen and oxygen atoms in total. The van der Waals surface area contributed by atoms with E-state index < -0.39 is 5.82 Å². The summed E-state index contributed by atoms with van der Waals surface area (Å²) < 4.78 is 13.8. The molecule has 0 aliphatic carbocycles. The summed E-state index contributed by atoms with van der Waals surface area (Å²) in [6.45, 7) is 1.73. The van der Waals surface area contributed by atoms with Gasteiger partial charge in [-0.3, -0.25) is 0 Å². The first kappa shape index (κ1) is 10.1. The summed E-state index contributed by atoms with van der Waals surface area (Å²) in [4.78, 5) is 0. The Morgan fingerprint density at radius 1 is 1.42 bits per heavy atom. The molecule has 5 heteroatoms. The molecule has 0 spiro atoms. The molecular formula is C7H6Br2FNO. The standard InChI is InChI=1S/C7H6Br2FNO/c1-3-2-4(10)6(9)7(11-12)5(3)8/h2H,11H2,1H3. The van der Waals surface area contributed by atoms with Crippen molar-refractivity contribution < 1.29 is 9.87 Å². The number of nitrogens with two attached hydrogens (primary N) is 1. The normalized spacial score (nSPS) is 10.4. The molecule has 66 valence electrons. The Bertz CT molecular complexity index is 291. The zero-order valence-electron chi connectivity index (χ0n) is 6.20. The van der Waals surface area contributed by atoms with Crippen molar-refractivity contribution in [2.24, 2.45) is 0 Å². The Morgan fingerprint density at radius 2 is 2.00 bits per heavy atom. The molecule has 0 aromatic heterocycles. The van der Waals surface area contributed by atoms with Gasteiger partial charge in [0, 0.05) is 0 Å². The Balaban J connectivity index is 3.42. The fourth-order valence-electron chi connectivity index (χ4n) is 0.858. The molecule has 0 radical (unpaired) electrons. The summed E-state index contributed by atoms with van der Waals surface area (Å²) in [5.41, 5.74) is 1.63. The van der Waals surface area contributed by atoms with Gasteiger partial charge in [-0.05, 0) is 50.4 Å². The molecule has 0 bridgehead atoms. The smallest absolute Gasteiger partial charge is 0.161 e. The molecule has 0 amide bonds. The van der Waals surface area contributed by atoms with Crippen molar-refractivity contribution in [3.05, 3.63) is 31.6 Å². The van der Waals surface area contributed by atoms with Crippen LogP contribution in [0.4, 0.5) is 10.1 Å². The van der Waals surface area contributed by atoms with Crippen LogP contribution >= 0.6 is 31.9 Å².